The number of rotatable bonds is 5. The molecule has 174 valence electrons. The van der Waals surface area contributed by atoms with Crippen molar-refractivity contribution in [2.24, 2.45) is 5.92 Å². The molecule has 1 fully saturated rings. The fourth-order valence-corrected chi connectivity index (χ4v) is 5.45. The molecule has 0 aliphatic carbocycles. The van der Waals surface area contributed by atoms with Gasteiger partial charge in [0.15, 0.2) is 10.9 Å². The van der Waals surface area contributed by atoms with Crippen LogP contribution in [0.4, 0.5) is 5.13 Å². The molecule has 1 aliphatic heterocycles. The van der Waals surface area contributed by atoms with E-state index in [9.17, 15) is 14.4 Å². The van der Waals surface area contributed by atoms with Gasteiger partial charge in [0.25, 0.3) is 5.91 Å². The van der Waals surface area contributed by atoms with E-state index in [1.165, 1.54) is 16.2 Å². The third-order valence-corrected chi connectivity index (χ3v) is 7.12. The van der Waals surface area contributed by atoms with E-state index in [1.807, 2.05) is 18.2 Å². The lowest BCUT2D eigenvalue weighted by molar-refractivity contribution is -0.135. The predicted molar refractivity (Wildman–Crippen MR) is 129 cm³/mol. The second-order valence-corrected chi connectivity index (χ2v) is 9.26. The lowest BCUT2D eigenvalue weighted by Crippen LogP contribution is -2.30. The molecule has 3 aromatic heterocycles. The predicted octanol–water partition coefficient (Wildman–Crippen LogP) is 5.11. The highest BCUT2D eigenvalue weighted by Gasteiger charge is 2.55. The number of nitrogens with zero attached hydrogens (tertiary/aromatic N) is 2. The summed E-state index contributed by atoms with van der Waals surface area (Å²) in [6.07, 6.45) is 0. The molecule has 4 heterocycles. The number of anilines is 1. The molecule has 2 unspecified atom stereocenters. The number of carbonyl (C=O) groups is 3. The summed E-state index contributed by atoms with van der Waals surface area (Å²) in [7, 11) is 1.56. The zero-order chi connectivity index (χ0) is 24.3. The molecule has 2 atom stereocenters. The highest BCUT2D eigenvalue weighted by Crippen LogP contribution is 2.44. The number of methoxy groups -OCH3 is 1. The number of carbonyl (C=O) groups excluding carboxylic acids is 3. The van der Waals surface area contributed by atoms with Crippen LogP contribution in [0.3, 0.4) is 0 Å². The number of ether oxygens (including phenoxy) is 1. The standard InChI is InChI=1S/C26H18N2O6S/c1-13-7-10-18(33-13)22-21(23(29)19-11-14-5-3-4-6-17(14)34-19)24(30)25(31)28(22)26-27-16-9-8-15(32-2)12-20(16)35-26/h3-12,21-22H,1-2H3. The van der Waals surface area contributed by atoms with Crippen LogP contribution in [0.2, 0.25) is 0 Å². The summed E-state index contributed by atoms with van der Waals surface area (Å²) in [5.41, 5.74) is 1.17. The average molecular weight is 487 g/mol. The lowest BCUT2D eigenvalue weighted by Gasteiger charge is -2.22. The minimum atomic E-state index is -1.34. The van der Waals surface area contributed by atoms with Crippen molar-refractivity contribution < 1.29 is 28.0 Å². The first-order chi connectivity index (χ1) is 16.9. The number of furan rings is 2. The highest BCUT2D eigenvalue weighted by molar-refractivity contribution is 7.22. The summed E-state index contributed by atoms with van der Waals surface area (Å²) < 4.78 is 17.6. The van der Waals surface area contributed by atoms with Gasteiger partial charge in [0, 0.05) is 5.39 Å². The molecule has 2 aromatic carbocycles. The minimum absolute atomic E-state index is 0.0153. The zero-order valence-electron chi connectivity index (χ0n) is 18.7. The number of Topliss-reactive ketones (excluding diaryl/α,β-unsaturated/α-hetero) is 2. The third-order valence-electron chi connectivity index (χ3n) is 6.10. The fraction of sp³-hybridized carbons (Fsp3) is 0.154. The summed E-state index contributed by atoms with van der Waals surface area (Å²) in [6, 6.07) is 16.5. The SMILES string of the molecule is COc1ccc2nc(N3C(=O)C(=O)C(C(=O)c4cc5ccccc5o4)C3c3ccc(C)o3)sc2c1. The van der Waals surface area contributed by atoms with Gasteiger partial charge in [-0.2, -0.15) is 0 Å². The number of para-hydroxylation sites is 1. The van der Waals surface area contributed by atoms with Crippen LogP contribution in [0.1, 0.15) is 28.1 Å². The Labute approximate surface area is 202 Å². The van der Waals surface area contributed by atoms with Gasteiger partial charge in [-0.25, -0.2) is 4.98 Å². The molecule has 0 N–H and O–H groups in total. The average Bonchev–Trinajstić information content (AvgIpc) is 3.63. The second-order valence-electron chi connectivity index (χ2n) is 8.25. The van der Waals surface area contributed by atoms with Gasteiger partial charge in [-0.3, -0.25) is 19.3 Å². The molecule has 1 amide bonds. The largest absolute Gasteiger partial charge is 0.497 e. The van der Waals surface area contributed by atoms with Crippen molar-refractivity contribution in [2.75, 3.05) is 12.0 Å². The maximum atomic E-state index is 13.6. The summed E-state index contributed by atoms with van der Waals surface area (Å²) in [6.45, 7) is 1.76. The molecule has 8 nitrogen and oxygen atoms in total. The van der Waals surface area contributed by atoms with Crippen molar-refractivity contribution in [2.45, 2.75) is 13.0 Å². The summed E-state index contributed by atoms with van der Waals surface area (Å²) in [5.74, 6) is -1.98. The Hall–Kier alpha value is -4.24. The van der Waals surface area contributed by atoms with Gasteiger partial charge in [-0.15, -0.1) is 0 Å². The summed E-state index contributed by atoms with van der Waals surface area (Å²) in [4.78, 5) is 46.1. The molecule has 0 saturated carbocycles. The maximum Gasteiger partial charge on any atom is 0.297 e. The topological polar surface area (TPSA) is 103 Å². The molecule has 1 aliphatic rings. The van der Waals surface area contributed by atoms with E-state index in [1.54, 1.807) is 56.5 Å². The van der Waals surface area contributed by atoms with Crippen molar-refractivity contribution in [3.8, 4) is 5.75 Å². The number of aromatic nitrogens is 1. The normalized spacial score (nSPS) is 18.2. The Balaban J connectivity index is 1.48. The number of aryl methyl sites for hydroxylation is 1. The van der Waals surface area contributed by atoms with Gasteiger partial charge >= 0.3 is 0 Å². The van der Waals surface area contributed by atoms with E-state index < -0.39 is 29.4 Å². The van der Waals surface area contributed by atoms with Gasteiger partial charge in [0.1, 0.15) is 34.8 Å². The Morgan fingerprint density at radius 2 is 1.89 bits per heavy atom. The minimum Gasteiger partial charge on any atom is -0.497 e. The molecule has 1 saturated heterocycles. The number of ketones is 2. The number of benzene rings is 2. The van der Waals surface area contributed by atoms with Crippen molar-refractivity contribution in [3.63, 3.8) is 0 Å². The molecule has 0 spiro atoms. The Bertz CT molecular complexity index is 1610. The number of amides is 1. The maximum absolute atomic E-state index is 13.6. The van der Waals surface area contributed by atoms with Gasteiger partial charge in [-0.1, -0.05) is 29.5 Å². The van der Waals surface area contributed by atoms with Crippen molar-refractivity contribution in [1.29, 1.82) is 0 Å². The van der Waals surface area contributed by atoms with Crippen LogP contribution in [-0.4, -0.2) is 29.6 Å². The first-order valence-electron chi connectivity index (χ1n) is 10.9. The van der Waals surface area contributed by atoms with Crippen LogP contribution in [0.5, 0.6) is 5.75 Å². The van der Waals surface area contributed by atoms with Crippen LogP contribution >= 0.6 is 11.3 Å². The van der Waals surface area contributed by atoms with E-state index in [0.717, 1.165) is 10.1 Å². The summed E-state index contributed by atoms with van der Waals surface area (Å²) >= 11 is 1.23. The first-order valence-corrected chi connectivity index (χ1v) is 11.7. The van der Waals surface area contributed by atoms with Crippen molar-refractivity contribution >= 4 is 55.1 Å². The monoisotopic (exact) mass is 486 g/mol. The van der Waals surface area contributed by atoms with E-state index in [-0.39, 0.29) is 5.76 Å². The molecule has 5 aromatic rings. The smallest absolute Gasteiger partial charge is 0.297 e. The molecular formula is C26H18N2O6S. The molecule has 0 radical (unpaired) electrons. The number of hydrogen-bond donors (Lipinski definition) is 0. The Morgan fingerprint density at radius 3 is 2.63 bits per heavy atom. The van der Waals surface area contributed by atoms with Crippen LogP contribution in [0, 0.1) is 12.8 Å². The van der Waals surface area contributed by atoms with E-state index >= 15 is 0 Å². The van der Waals surface area contributed by atoms with Gasteiger partial charge in [0.2, 0.25) is 11.6 Å². The van der Waals surface area contributed by atoms with E-state index in [2.05, 4.69) is 4.98 Å². The summed E-state index contributed by atoms with van der Waals surface area (Å²) in [5, 5.41) is 1.03. The quantitative estimate of drug-likeness (QED) is 0.193. The number of fused-ring (bicyclic) bond motifs is 2. The third kappa shape index (κ3) is 3.35. The highest BCUT2D eigenvalue weighted by atomic mass is 32.1. The van der Waals surface area contributed by atoms with E-state index in [4.69, 9.17) is 13.6 Å². The number of hydrogen-bond acceptors (Lipinski definition) is 8. The Morgan fingerprint density at radius 1 is 1.06 bits per heavy atom. The van der Waals surface area contributed by atoms with Crippen molar-refractivity contribution in [3.05, 3.63) is 77.9 Å². The van der Waals surface area contributed by atoms with Crippen LogP contribution in [0.15, 0.2) is 69.5 Å². The number of thiazole rings is 1. The zero-order valence-corrected chi connectivity index (χ0v) is 19.5. The van der Waals surface area contributed by atoms with E-state index in [0.29, 0.717) is 33.5 Å². The van der Waals surface area contributed by atoms with Crippen LogP contribution < -0.4 is 9.64 Å². The molecule has 35 heavy (non-hydrogen) atoms. The molecule has 0 bridgehead atoms. The molecule has 6 rings (SSSR count). The fourth-order valence-electron chi connectivity index (χ4n) is 4.42. The van der Waals surface area contributed by atoms with Crippen molar-refractivity contribution in [1.82, 2.24) is 4.98 Å². The molecule has 9 heteroatoms. The van der Waals surface area contributed by atoms with Gasteiger partial charge < -0.3 is 13.6 Å². The Kier molecular flexibility index (Phi) is 4.82. The van der Waals surface area contributed by atoms with Crippen LogP contribution in [-0.2, 0) is 9.59 Å². The van der Waals surface area contributed by atoms with Crippen LogP contribution in [0.25, 0.3) is 21.2 Å². The van der Waals surface area contributed by atoms with Gasteiger partial charge in [-0.05, 0) is 49.4 Å². The lowest BCUT2D eigenvalue weighted by atomic mass is 9.91. The van der Waals surface area contributed by atoms with Gasteiger partial charge in [0.05, 0.1) is 17.3 Å². The first kappa shape index (κ1) is 21.3. The second kappa shape index (κ2) is 7.92. The molecular weight excluding hydrogens is 468 g/mol.